The van der Waals surface area contributed by atoms with Crippen molar-refractivity contribution in [3.63, 3.8) is 0 Å². The molecule has 3 aromatic carbocycles. The van der Waals surface area contributed by atoms with Gasteiger partial charge in [0.15, 0.2) is 0 Å². The summed E-state index contributed by atoms with van der Waals surface area (Å²) in [7, 11) is -0.830. The number of aryl methyl sites for hydroxylation is 3. The molecule has 0 unspecified atom stereocenters. The van der Waals surface area contributed by atoms with Gasteiger partial charge < -0.3 is 18.7 Å². The molecular weight excluding hydrogens is 504 g/mol. The van der Waals surface area contributed by atoms with Crippen LogP contribution in [0.3, 0.4) is 0 Å². The first-order valence-electron chi connectivity index (χ1n) is 12.1. The van der Waals surface area contributed by atoms with Gasteiger partial charge in [0.25, 0.3) is 10.0 Å². The minimum Gasteiger partial charge on any atom is -0.497 e. The quantitative estimate of drug-likeness (QED) is 0.249. The predicted octanol–water partition coefficient (Wildman–Crippen LogP) is 5.90. The minimum atomic E-state index is -3.95. The topological polar surface area (TPSA) is 91.1 Å². The summed E-state index contributed by atoms with van der Waals surface area (Å²) < 4.78 is 51.5. The lowest BCUT2D eigenvalue weighted by Crippen LogP contribution is -2.31. The molecule has 0 bridgehead atoms. The van der Waals surface area contributed by atoms with Crippen LogP contribution in [0.25, 0.3) is 0 Å². The molecule has 38 heavy (non-hydrogen) atoms. The molecule has 1 heterocycles. The molecule has 8 nitrogen and oxygen atoms in total. The summed E-state index contributed by atoms with van der Waals surface area (Å²) in [5, 5.41) is 3.94. The number of methoxy groups -OCH3 is 2. The number of anilines is 1. The molecule has 0 aliphatic carbocycles. The van der Waals surface area contributed by atoms with Gasteiger partial charge in [-0.2, -0.15) is 0 Å². The third-order valence-electron chi connectivity index (χ3n) is 6.63. The van der Waals surface area contributed by atoms with E-state index in [0.29, 0.717) is 34.3 Å². The van der Waals surface area contributed by atoms with Gasteiger partial charge in [-0.3, -0.25) is 4.31 Å². The maximum atomic E-state index is 14.1. The molecule has 9 heteroatoms. The van der Waals surface area contributed by atoms with Gasteiger partial charge in [-0.25, -0.2) is 8.42 Å². The molecule has 1 aromatic heterocycles. The van der Waals surface area contributed by atoms with Crippen LogP contribution in [-0.4, -0.2) is 27.8 Å². The Kier molecular flexibility index (Phi) is 7.97. The zero-order valence-corrected chi connectivity index (χ0v) is 23.3. The van der Waals surface area contributed by atoms with Gasteiger partial charge in [-0.1, -0.05) is 17.3 Å². The highest BCUT2D eigenvalue weighted by molar-refractivity contribution is 7.92. The van der Waals surface area contributed by atoms with Crippen LogP contribution in [0.4, 0.5) is 5.69 Å². The van der Waals surface area contributed by atoms with Crippen molar-refractivity contribution in [2.45, 2.75) is 45.7 Å². The maximum absolute atomic E-state index is 14.1. The average molecular weight is 537 g/mol. The largest absolute Gasteiger partial charge is 0.497 e. The molecule has 0 amide bonds. The standard InChI is InChI=1S/C29H32N2O6S/c1-19-8-7-9-28(20(19)2)31(17-23-10-11-25(34-5)16-29(23)35-6)38(32,33)26-14-12-24(13-15-26)36-18-27-21(3)30-37-22(27)4/h7-16H,17-18H2,1-6H3. The van der Waals surface area contributed by atoms with Gasteiger partial charge in [-0.15, -0.1) is 0 Å². The van der Waals surface area contributed by atoms with Gasteiger partial charge in [0.1, 0.15) is 29.6 Å². The molecule has 0 N–H and O–H groups in total. The Morgan fingerprint density at radius 3 is 2.24 bits per heavy atom. The van der Waals surface area contributed by atoms with Crippen molar-refractivity contribution in [3.05, 3.63) is 94.4 Å². The molecule has 0 radical (unpaired) electrons. The molecule has 0 saturated heterocycles. The SMILES string of the molecule is COc1ccc(CN(c2cccc(C)c2C)S(=O)(=O)c2ccc(OCc3c(C)noc3C)cc2)c(OC)c1. The Balaban J connectivity index is 1.68. The third kappa shape index (κ3) is 5.47. The Morgan fingerprint density at radius 1 is 0.895 bits per heavy atom. The van der Waals surface area contributed by atoms with Gasteiger partial charge in [0.05, 0.1) is 42.6 Å². The lowest BCUT2D eigenvalue weighted by molar-refractivity contribution is 0.301. The van der Waals surface area contributed by atoms with Crippen LogP contribution in [0, 0.1) is 27.7 Å². The van der Waals surface area contributed by atoms with E-state index in [9.17, 15) is 8.42 Å². The van der Waals surface area contributed by atoms with Crippen molar-refractivity contribution in [1.82, 2.24) is 5.16 Å². The van der Waals surface area contributed by atoms with Crippen LogP contribution in [-0.2, 0) is 23.2 Å². The average Bonchev–Trinajstić information content (AvgIpc) is 3.24. The van der Waals surface area contributed by atoms with E-state index < -0.39 is 10.0 Å². The number of hydrogen-bond donors (Lipinski definition) is 0. The molecule has 0 saturated carbocycles. The van der Waals surface area contributed by atoms with Crippen LogP contribution >= 0.6 is 0 Å². The zero-order valence-electron chi connectivity index (χ0n) is 22.4. The lowest BCUT2D eigenvalue weighted by atomic mass is 10.1. The Bertz CT molecular complexity index is 1510. The zero-order chi connectivity index (χ0) is 27.4. The summed E-state index contributed by atoms with van der Waals surface area (Å²) in [5.41, 5.74) is 4.81. The fourth-order valence-electron chi connectivity index (χ4n) is 4.14. The summed E-state index contributed by atoms with van der Waals surface area (Å²) in [6.07, 6.45) is 0. The fourth-order valence-corrected chi connectivity index (χ4v) is 5.64. The maximum Gasteiger partial charge on any atom is 0.264 e. The summed E-state index contributed by atoms with van der Waals surface area (Å²) in [6, 6.07) is 17.4. The highest BCUT2D eigenvalue weighted by Gasteiger charge is 2.28. The summed E-state index contributed by atoms with van der Waals surface area (Å²) in [4.78, 5) is 0.149. The van der Waals surface area contributed by atoms with E-state index in [2.05, 4.69) is 5.16 Å². The van der Waals surface area contributed by atoms with Crippen molar-refractivity contribution in [3.8, 4) is 17.2 Å². The normalized spacial score (nSPS) is 11.3. The molecule has 0 aliphatic rings. The number of sulfonamides is 1. The van der Waals surface area contributed by atoms with Crippen LogP contribution in [0.5, 0.6) is 17.2 Å². The predicted molar refractivity (Wildman–Crippen MR) is 146 cm³/mol. The number of ether oxygens (including phenoxy) is 3. The molecule has 200 valence electrons. The number of rotatable bonds is 10. The van der Waals surface area contributed by atoms with E-state index in [-0.39, 0.29) is 18.0 Å². The first kappa shape index (κ1) is 27.1. The molecule has 0 spiro atoms. The Labute approximate surface area is 223 Å². The molecule has 4 aromatic rings. The van der Waals surface area contributed by atoms with Crippen LogP contribution in [0.15, 0.2) is 70.1 Å². The Morgan fingerprint density at radius 2 is 1.61 bits per heavy atom. The van der Waals surface area contributed by atoms with Gasteiger partial charge in [-0.05, 0) is 81.3 Å². The van der Waals surface area contributed by atoms with Crippen LogP contribution in [0.1, 0.15) is 33.7 Å². The number of aromatic nitrogens is 1. The second-order valence-electron chi connectivity index (χ2n) is 8.97. The monoisotopic (exact) mass is 536 g/mol. The van der Waals surface area contributed by atoms with E-state index >= 15 is 0 Å². The van der Waals surface area contributed by atoms with E-state index in [0.717, 1.165) is 22.4 Å². The van der Waals surface area contributed by atoms with Gasteiger partial charge >= 0.3 is 0 Å². The highest BCUT2D eigenvalue weighted by atomic mass is 32.2. The number of hydrogen-bond acceptors (Lipinski definition) is 7. The third-order valence-corrected chi connectivity index (χ3v) is 8.40. The molecule has 4 rings (SSSR count). The van der Waals surface area contributed by atoms with Crippen molar-refractivity contribution in [1.29, 1.82) is 0 Å². The number of nitrogens with zero attached hydrogens (tertiary/aromatic N) is 2. The second-order valence-corrected chi connectivity index (χ2v) is 10.8. The Hall–Kier alpha value is -3.98. The van der Waals surface area contributed by atoms with Crippen LogP contribution < -0.4 is 18.5 Å². The van der Waals surface area contributed by atoms with E-state index in [1.165, 1.54) is 4.31 Å². The molecule has 0 aliphatic heterocycles. The highest BCUT2D eigenvalue weighted by Crippen LogP contribution is 2.34. The van der Waals surface area contributed by atoms with Gasteiger partial charge in [0, 0.05) is 11.6 Å². The lowest BCUT2D eigenvalue weighted by Gasteiger charge is -2.27. The van der Waals surface area contributed by atoms with Crippen molar-refractivity contribution in [2.75, 3.05) is 18.5 Å². The van der Waals surface area contributed by atoms with Crippen molar-refractivity contribution < 1.29 is 27.2 Å². The van der Waals surface area contributed by atoms with Crippen LogP contribution in [0.2, 0.25) is 0 Å². The molecule has 0 fully saturated rings. The summed E-state index contributed by atoms with van der Waals surface area (Å²) in [6.45, 7) is 7.91. The first-order chi connectivity index (χ1) is 18.1. The fraction of sp³-hybridized carbons (Fsp3) is 0.276. The molecule has 0 atom stereocenters. The van der Waals surface area contributed by atoms with E-state index in [4.69, 9.17) is 18.7 Å². The van der Waals surface area contributed by atoms with Crippen molar-refractivity contribution >= 4 is 15.7 Å². The summed E-state index contributed by atoms with van der Waals surface area (Å²) >= 11 is 0. The first-order valence-corrected chi connectivity index (χ1v) is 13.5. The minimum absolute atomic E-state index is 0.0735. The smallest absolute Gasteiger partial charge is 0.264 e. The molecular formula is C29H32N2O6S. The summed E-state index contributed by atoms with van der Waals surface area (Å²) in [5.74, 6) is 2.40. The van der Waals surface area contributed by atoms with Gasteiger partial charge in [0.2, 0.25) is 0 Å². The second kappa shape index (κ2) is 11.2. The van der Waals surface area contributed by atoms with Crippen molar-refractivity contribution in [2.24, 2.45) is 0 Å². The van der Waals surface area contributed by atoms with E-state index in [1.54, 1.807) is 50.6 Å². The van der Waals surface area contributed by atoms with E-state index in [1.807, 2.05) is 52.0 Å². The number of benzene rings is 3.